The van der Waals surface area contributed by atoms with Gasteiger partial charge in [-0.15, -0.1) is 0 Å². The highest BCUT2D eigenvalue weighted by atomic mass is 79.9. The summed E-state index contributed by atoms with van der Waals surface area (Å²) in [6.45, 7) is 4.27. The molecule has 112 valence electrons. The van der Waals surface area contributed by atoms with Gasteiger partial charge in [-0.25, -0.2) is 4.79 Å². The fourth-order valence-electron chi connectivity index (χ4n) is 1.78. The molecule has 0 aromatic heterocycles. The second-order valence-corrected chi connectivity index (χ2v) is 5.88. The van der Waals surface area contributed by atoms with Crippen molar-refractivity contribution in [3.63, 3.8) is 0 Å². The minimum Gasteiger partial charge on any atom is -0.495 e. The summed E-state index contributed by atoms with van der Waals surface area (Å²) >= 11 is 3.34. The Hall–Kier alpha value is -1.27. The Morgan fingerprint density at radius 1 is 1.45 bits per heavy atom. The summed E-state index contributed by atoms with van der Waals surface area (Å²) in [5.74, 6) is 0.964. The van der Waals surface area contributed by atoms with Gasteiger partial charge in [0, 0.05) is 11.0 Å². The van der Waals surface area contributed by atoms with E-state index >= 15 is 0 Å². The van der Waals surface area contributed by atoms with Gasteiger partial charge in [0.05, 0.1) is 18.9 Å². The Morgan fingerprint density at radius 3 is 2.75 bits per heavy atom. The average molecular weight is 345 g/mol. The second-order valence-electron chi connectivity index (χ2n) is 4.96. The molecule has 0 aliphatic carbocycles. The second kappa shape index (κ2) is 8.11. The Kier molecular flexibility index (Phi) is 6.81. The van der Waals surface area contributed by atoms with Crippen LogP contribution in [0.25, 0.3) is 0 Å². The zero-order valence-electron chi connectivity index (χ0n) is 11.9. The molecular formula is C14H21BrN2O3. The number of nitrogens with one attached hydrogen (secondary N) is 2. The lowest BCUT2D eigenvalue weighted by Crippen LogP contribution is -2.35. The van der Waals surface area contributed by atoms with Crippen LogP contribution in [0, 0.1) is 5.92 Å². The number of hydrogen-bond acceptors (Lipinski definition) is 3. The number of halogens is 1. The number of aliphatic hydroxyl groups is 1. The monoisotopic (exact) mass is 344 g/mol. The molecule has 0 aliphatic heterocycles. The van der Waals surface area contributed by atoms with E-state index in [1.54, 1.807) is 19.2 Å². The van der Waals surface area contributed by atoms with Crippen LogP contribution < -0.4 is 15.4 Å². The van der Waals surface area contributed by atoms with Crippen LogP contribution in [0.2, 0.25) is 0 Å². The first-order valence-corrected chi connectivity index (χ1v) is 7.28. The topological polar surface area (TPSA) is 70.6 Å². The summed E-state index contributed by atoms with van der Waals surface area (Å²) in [7, 11) is 1.54. The predicted molar refractivity (Wildman–Crippen MR) is 83.2 cm³/mol. The van der Waals surface area contributed by atoms with Gasteiger partial charge < -0.3 is 20.5 Å². The third-order valence-corrected chi connectivity index (χ3v) is 3.14. The van der Waals surface area contributed by atoms with Crippen molar-refractivity contribution in [2.75, 3.05) is 19.0 Å². The molecule has 3 N–H and O–H groups in total. The Morgan fingerprint density at radius 2 is 2.15 bits per heavy atom. The number of benzene rings is 1. The molecule has 0 radical (unpaired) electrons. The van der Waals surface area contributed by atoms with Crippen LogP contribution in [-0.2, 0) is 0 Å². The number of carbonyl (C=O) groups is 1. The van der Waals surface area contributed by atoms with E-state index in [4.69, 9.17) is 4.74 Å². The lowest BCUT2D eigenvalue weighted by atomic mass is 10.1. The van der Waals surface area contributed by atoms with Gasteiger partial charge in [-0.3, -0.25) is 0 Å². The maximum Gasteiger partial charge on any atom is 0.319 e. The number of hydrogen-bond donors (Lipinski definition) is 3. The summed E-state index contributed by atoms with van der Waals surface area (Å²) in [5.41, 5.74) is 0.567. The van der Waals surface area contributed by atoms with Crippen LogP contribution in [0.3, 0.4) is 0 Å². The van der Waals surface area contributed by atoms with Crippen molar-refractivity contribution in [2.45, 2.75) is 26.4 Å². The molecule has 5 nitrogen and oxygen atoms in total. The highest BCUT2D eigenvalue weighted by Crippen LogP contribution is 2.27. The first-order valence-electron chi connectivity index (χ1n) is 6.48. The summed E-state index contributed by atoms with van der Waals surface area (Å²) < 4.78 is 6.01. The smallest absolute Gasteiger partial charge is 0.319 e. The van der Waals surface area contributed by atoms with Crippen molar-refractivity contribution in [1.82, 2.24) is 5.32 Å². The number of anilines is 1. The number of methoxy groups -OCH3 is 1. The van der Waals surface area contributed by atoms with E-state index in [1.165, 1.54) is 0 Å². The van der Waals surface area contributed by atoms with Gasteiger partial charge in [-0.05, 0) is 30.5 Å². The Labute approximate surface area is 127 Å². The van der Waals surface area contributed by atoms with Crippen LogP contribution >= 0.6 is 15.9 Å². The molecule has 0 fully saturated rings. The lowest BCUT2D eigenvalue weighted by molar-refractivity contribution is 0.148. The van der Waals surface area contributed by atoms with Crippen LogP contribution in [0.15, 0.2) is 22.7 Å². The standard InChI is InChI=1S/C14H21BrN2O3/c1-9(2)6-11(18)8-16-14(19)17-12-7-10(15)4-5-13(12)20-3/h4-5,7,9,11,18H,6,8H2,1-3H3,(H2,16,17,19). The Bertz CT molecular complexity index is 452. The lowest BCUT2D eigenvalue weighted by Gasteiger charge is -2.15. The van der Waals surface area contributed by atoms with Gasteiger partial charge >= 0.3 is 6.03 Å². The van der Waals surface area contributed by atoms with Gasteiger partial charge in [-0.1, -0.05) is 29.8 Å². The van der Waals surface area contributed by atoms with Crippen LogP contribution in [0.4, 0.5) is 10.5 Å². The third kappa shape index (κ3) is 5.79. The number of amides is 2. The van der Waals surface area contributed by atoms with Gasteiger partial charge in [0.2, 0.25) is 0 Å². The average Bonchev–Trinajstić information content (AvgIpc) is 2.36. The molecule has 6 heteroatoms. The molecule has 1 rings (SSSR count). The first-order chi connectivity index (χ1) is 9.42. The fourth-order valence-corrected chi connectivity index (χ4v) is 2.14. The summed E-state index contributed by atoms with van der Waals surface area (Å²) in [5, 5.41) is 15.0. The zero-order chi connectivity index (χ0) is 15.1. The normalized spacial score (nSPS) is 12.1. The maximum absolute atomic E-state index is 11.8. The number of ether oxygens (including phenoxy) is 1. The van der Waals surface area contributed by atoms with Gasteiger partial charge in [0.1, 0.15) is 5.75 Å². The van der Waals surface area contributed by atoms with Crippen LogP contribution in [-0.4, -0.2) is 30.9 Å². The molecule has 1 aromatic carbocycles. The largest absolute Gasteiger partial charge is 0.495 e. The molecule has 0 bridgehead atoms. The highest BCUT2D eigenvalue weighted by molar-refractivity contribution is 9.10. The molecule has 0 heterocycles. The van der Waals surface area contributed by atoms with E-state index in [0.717, 1.165) is 4.47 Å². The molecule has 1 atom stereocenters. The van der Waals surface area contributed by atoms with E-state index in [1.807, 2.05) is 19.9 Å². The summed E-state index contributed by atoms with van der Waals surface area (Å²) in [6, 6.07) is 4.97. The van der Waals surface area contributed by atoms with Crippen molar-refractivity contribution < 1.29 is 14.6 Å². The number of carbonyl (C=O) groups excluding carboxylic acids is 1. The zero-order valence-corrected chi connectivity index (χ0v) is 13.5. The minimum atomic E-state index is -0.537. The predicted octanol–water partition coefficient (Wildman–Crippen LogP) is 2.99. The van der Waals surface area contributed by atoms with Gasteiger partial charge in [-0.2, -0.15) is 0 Å². The van der Waals surface area contributed by atoms with Gasteiger partial charge in [0.15, 0.2) is 0 Å². The fraction of sp³-hybridized carbons (Fsp3) is 0.500. The summed E-state index contributed by atoms with van der Waals surface area (Å²) in [6.07, 6.45) is 0.116. The molecule has 0 aliphatic rings. The van der Waals surface area contributed by atoms with E-state index in [-0.39, 0.29) is 12.6 Å². The molecule has 0 spiro atoms. The number of rotatable bonds is 6. The van der Waals surface area contributed by atoms with Crippen molar-refractivity contribution in [2.24, 2.45) is 5.92 Å². The number of urea groups is 1. The van der Waals surface area contributed by atoms with Crippen molar-refractivity contribution >= 4 is 27.6 Å². The first kappa shape index (κ1) is 16.8. The maximum atomic E-state index is 11.8. The van der Waals surface area contributed by atoms with Crippen molar-refractivity contribution in [1.29, 1.82) is 0 Å². The van der Waals surface area contributed by atoms with Crippen LogP contribution in [0.5, 0.6) is 5.75 Å². The van der Waals surface area contributed by atoms with Gasteiger partial charge in [0.25, 0.3) is 0 Å². The molecule has 0 saturated heterocycles. The van der Waals surface area contributed by atoms with E-state index < -0.39 is 6.10 Å². The summed E-state index contributed by atoms with van der Waals surface area (Å²) in [4.78, 5) is 11.8. The number of aliphatic hydroxyl groups excluding tert-OH is 1. The molecular weight excluding hydrogens is 324 g/mol. The molecule has 1 aromatic rings. The third-order valence-electron chi connectivity index (χ3n) is 2.65. The van der Waals surface area contributed by atoms with E-state index in [9.17, 15) is 9.90 Å². The SMILES string of the molecule is COc1ccc(Br)cc1NC(=O)NCC(O)CC(C)C. The van der Waals surface area contributed by atoms with E-state index in [0.29, 0.717) is 23.8 Å². The molecule has 2 amide bonds. The highest BCUT2D eigenvalue weighted by Gasteiger charge is 2.11. The Balaban J connectivity index is 2.52. The molecule has 20 heavy (non-hydrogen) atoms. The molecule has 1 unspecified atom stereocenters. The minimum absolute atomic E-state index is 0.223. The quantitative estimate of drug-likeness (QED) is 0.742. The van der Waals surface area contributed by atoms with Crippen LogP contribution in [0.1, 0.15) is 20.3 Å². The van der Waals surface area contributed by atoms with Crippen molar-refractivity contribution in [3.05, 3.63) is 22.7 Å². The molecule has 0 saturated carbocycles. The van der Waals surface area contributed by atoms with Crippen molar-refractivity contribution in [3.8, 4) is 5.75 Å². The van der Waals surface area contributed by atoms with E-state index in [2.05, 4.69) is 26.6 Å².